The summed E-state index contributed by atoms with van der Waals surface area (Å²) in [5.74, 6) is 0.345. The first kappa shape index (κ1) is 18.8. The summed E-state index contributed by atoms with van der Waals surface area (Å²) in [6.07, 6.45) is 1.23. The third kappa shape index (κ3) is 3.77. The van der Waals surface area contributed by atoms with Gasteiger partial charge in [0.05, 0.1) is 11.1 Å². The van der Waals surface area contributed by atoms with Crippen molar-refractivity contribution in [1.29, 1.82) is 0 Å². The molecule has 1 unspecified atom stereocenters. The van der Waals surface area contributed by atoms with Gasteiger partial charge in [-0.1, -0.05) is 68.4 Å². The fraction of sp³-hybridized carbons (Fsp3) is 0.250. The maximum atomic E-state index is 12.0. The zero-order chi connectivity index (χ0) is 19.4. The summed E-state index contributed by atoms with van der Waals surface area (Å²) in [6.45, 7) is 6.71. The molecule has 0 N–H and O–H groups in total. The summed E-state index contributed by atoms with van der Waals surface area (Å²) >= 11 is 0. The Morgan fingerprint density at radius 1 is 0.778 bits per heavy atom. The van der Waals surface area contributed by atoms with Crippen molar-refractivity contribution >= 4 is 22.6 Å². The highest BCUT2D eigenvalue weighted by Gasteiger charge is 2.34. The molecular weight excluding hydrogens is 334 g/mol. The van der Waals surface area contributed by atoms with E-state index in [1.165, 1.54) is 16.9 Å². The van der Waals surface area contributed by atoms with Crippen LogP contribution >= 0.6 is 0 Å². The largest absolute Gasteiger partial charge is 0.275 e. The fourth-order valence-corrected chi connectivity index (χ4v) is 3.28. The Morgan fingerprint density at radius 2 is 1.26 bits per heavy atom. The lowest BCUT2D eigenvalue weighted by molar-refractivity contribution is 0.0663. The van der Waals surface area contributed by atoms with Crippen molar-refractivity contribution in [2.24, 2.45) is 0 Å². The van der Waals surface area contributed by atoms with Gasteiger partial charge in [0.2, 0.25) is 0 Å². The summed E-state index contributed by atoms with van der Waals surface area (Å²) in [5, 5.41) is 1.98. The SMILES string of the molecule is CCC(C)c1ccccc1.CCN1C(=O)c2cc3ccccc3cc2C1=O. The zero-order valence-electron chi connectivity index (χ0n) is 16.1. The lowest BCUT2D eigenvalue weighted by Gasteiger charge is -2.08. The van der Waals surface area contributed by atoms with Crippen LogP contribution in [0.2, 0.25) is 0 Å². The number of hydrogen-bond acceptors (Lipinski definition) is 2. The standard InChI is InChI=1S/C14H11NO2.C10H14/c1-2-15-13(16)11-7-9-5-3-4-6-10(9)8-12(11)14(15)17;1-3-9(2)10-7-5-4-6-8-10/h3-8H,2H2,1H3;4-9H,3H2,1-2H3. The van der Waals surface area contributed by atoms with Crippen LogP contribution in [-0.4, -0.2) is 23.3 Å². The lowest BCUT2D eigenvalue weighted by Crippen LogP contribution is -2.29. The molecule has 138 valence electrons. The van der Waals surface area contributed by atoms with Crippen molar-refractivity contribution < 1.29 is 9.59 Å². The van der Waals surface area contributed by atoms with Gasteiger partial charge >= 0.3 is 0 Å². The van der Waals surface area contributed by atoms with Gasteiger partial charge < -0.3 is 0 Å². The Hall–Kier alpha value is -2.94. The third-order valence-corrected chi connectivity index (χ3v) is 5.13. The summed E-state index contributed by atoms with van der Waals surface area (Å²) in [5.41, 5.74) is 2.50. The minimum atomic E-state index is -0.182. The van der Waals surface area contributed by atoms with Crippen LogP contribution in [0.5, 0.6) is 0 Å². The molecule has 0 aromatic heterocycles. The van der Waals surface area contributed by atoms with Gasteiger partial charge in [0.25, 0.3) is 11.8 Å². The van der Waals surface area contributed by atoms with Gasteiger partial charge in [0.15, 0.2) is 0 Å². The van der Waals surface area contributed by atoms with E-state index in [1.54, 1.807) is 19.1 Å². The van der Waals surface area contributed by atoms with E-state index in [-0.39, 0.29) is 11.8 Å². The second-order valence-electron chi connectivity index (χ2n) is 6.82. The molecule has 1 atom stereocenters. The minimum Gasteiger partial charge on any atom is -0.275 e. The van der Waals surface area contributed by atoms with E-state index < -0.39 is 0 Å². The molecule has 0 aliphatic carbocycles. The van der Waals surface area contributed by atoms with E-state index in [4.69, 9.17) is 0 Å². The average Bonchev–Trinajstić information content (AvgIpc) is 2.96. The van der Waals surface area contributed by atoms with Crippen molar-refractivity contribution in [3.05, 3.63) is 83.4 Å². The second-order valence-corrected chi connectivity index (χ2v) is 6.82. The molecule has 3 aromatic carbocycles. The van der Waals surface area contributed by atoms with Gasteiger partial charge in [0.1, 0.15) is 0 Å². The van der Waals surface area contributed by atoms with Crippen molar-refractivity contribution in [3.63, 3.8) is 0 Å². The van der Waals surface area contributed by atoms with E-state index >= 15 is 0 Å². The fourth-order valence-electron chi connectivity index (χ4n) is 3.28. The highest BCUT2D eigenvalue weighted by molar-refractivity contribution is 6.23. The van der Waals surface area contributed by atoms with Crippen LogP contribution in [-0.2, 0) is 0 Å². The molecule has 27 heavy (non-hydrogen) atoms. The molecule has 0 saturated carbocycles. The van der Waals surface area contributed by atoms with Crippen LogP contribution in [0.4, 0.5) is 0 Å². The Bertz CT molecular complexity index is 908. The smallest absolute Gasteiger partial charge is 0.261 e. The summed E-state index contributed by atoms with van der Waals surface area (Å²) in [4.78, 5) is 25.3. The molecule has 0 spiro atoms. The molecule has 0 fully saturated rings. The highest BCUT2D eigenvalue weighted by Crippen LogP contribution is 2.27. The molecule has 4 rings (SSSR count). The number of carbonyl (C=O) groups excluding carboxylic acids is 2. The molecule has 0 bridgehead atoms. The predicted octanol–water partition coefficient (Wildman–Crippen LogP) is 5.66. The number of imide groups is 1. The number of rotatable bonds is 3. The molecule has 3 aromatic rings. The van der Waals surface area contributed by atoms with E-state index in [0.29, 0.717) is 23.6 Å². The Balaban J connectivity index is 0.000000180. The third-order valence-electron chi connectivity index (χ3n) is 5.13. The first-order chi connectivity index (χ1) is 13.1. The molecule has 0 radical (unpaired) electrons. The number of benzene rings is 3. The second kappa shape index (κ2) is 8.17. The topological polar surface area (TPSA) is 37.4 Å². The lowest BCUT2D eigenvalue weighted by atomic mass is 9.99. The predicted molar refractivity (Wildman–Crippen MR) is 110 cm³/mol. The Morgan fingerprint density at radius 3 is 1.70 bits per heavy atom. The first-order valence-electron chi connectivity index (χ1n) is 9.50. The summed E-state index contributed by atoms with van der Waals surface area (Å²) in [6, 6.07) is 22.0. The van der Waals surface area contributed by atoms with Crippen molar-refractivity contribution in [1.82, 2.24) is 4.90 Å². The highest BCUT2D eigenvalue weighted by atomic mass is 16.2. The summed E-state index contributed by atoms with van der Waals surface area (Å²) < 4.78 is 0. The van der Waals surface area contributed by atoms with Gasteiger partial charge in [-0.2, -0.15) is 0 Å². The zero-order valence-corrected chi connectivity index (χ0v) is 16.1. The maximum absolute atomic E-state index is 12.0. The van der Waals surface area contributed by atoms with E-state index in [1.807, 2.05) is 24.3 Å². The molecule has 3 heteroatoms. The Labute approximate surface area is 160 Å². The van der Waals surface area contributed by atoms with Crippen LogP contribution < -0.4 is 0 Å². The quantitative estimate of drug-likeness (QED) is 0.566. The molecule has 1 heterocycles. The Kier molecular flexibility index (Phi) is 5.70. The van der Waals surface area contributed by atoms with Crippen LogP contribution in [0.1, 0.15) is 59.4 Å². The number of hydrogen-bond donors (Lipinski definition) is 0. The van der Waals surface area contributed by atoms with Crippen LogP contribution in [0.15, 0.2) is 66.7 Å². The molecular formula is C24H25NO2. The van der Waals surface area contributed by atoms with Gasteiger partial charge in [-0.3, -0.25) is 14.5 Å². The van der Waals surface area contributed by atoms with Gasteiger partial charge in [0, 0.05) is 6.54 Å². The van der Waals surface area contributed by atoms with Gasteiger partial charge in [-0.25, -0.2) is 0 Å². The molecule has 1 aliphatic rings. The molecule has 3 nitrogen and oxygen atoms in total. The van der Waals surface area contributed by atoms with Crippen LogP contribution in [0, 0.1) is 0 Å². The van der Waals surface area contributed by atoms with Gasteiger partial charge in [-0.05, 0) is 47.7 Å². The molecule has 0 saturated heterocycles. The normalized spacial score (nSPS) is 14.0. The van der Waals surface area contributed by atoms with Crippen LogP contribution in [0.25, 0.3) is 10.8 Å². The minimum absolute atomic E-state index is 0.182. The summed E-state index contributed by atoms with van der Waals surface area (Å²) in [7, 11) is 0. The van der Waals surface area contributed by atoms with E-state index in [9.17, 15) is 9.59 Å². The van der Waals surface area contributed by atoms with Crippen molar-refractivity contribution in [3.8, 4) is 0 Å². The monoisotopic (exact) mass is 359 g/mol. The van der Waals surface area contributed by atoms with Crippen molar-refractivity contribution in [2.45, 2.75) is 33.1 Å². The van der Waals surface area contributed by atoms with Gasteiger partial charge in [-0.15, -0.1) is 0 Å². The first-order valence-corrected chi connectivity index (χ1v) is 9.50. The van der Waals surface area contributed by atoms with Crippen LogP contribution in [0.3, 0.4) is 0 Å². The number of fused-ring (bicyclic) bond motifs is 2. The van der Waals surface area contributed by atoms with Crippen molar-refractivity contribution in [2.75, 3.05) is 6.54 Å². The number of nitrogens with zero attached hydrogens (tertiary/aromatic N) is 1. The number of carbonyl (C=O) groups is 2. The average molecular weight is 359 g/mol. The molecule has 1 aliphatic heterocycles. The van der Waals surface area contributed by atoms with E-state index in [0.717, 1.165) is 10.8 Å². The molecule has 2 amide bonds. The van der Waals surface area contributed by atoms with E-state index in [2.05, 4.69) is 44.2 Å². The maximum Gasteiger partial charge on any atom is 0.261 e. The number of amides is 2.